The number of hydrogen-bond acceptors (Lipinski definition) is 3. The van der Waals surface area contributed by atoms with Crippen LogP contribution >= 0.6 is 11.8 Å². The van der Waals surface area contributed by atoms with Crippen molar-refractivity contribution in [3.05, 3.63) is 60.2 Å². The predicted octanol–water partition coefficient (Wildman–Crippen LogP) is 3.56. The minimum atomic E-state index is -0.941. The average molecular weight is 274 g/mol. The SMILES string of the molecule is O=C(O)c1cccc(OCCSc2ccccc2)c1. The summed E-state index contributed by atoms with van der Waals surface area (Å²) < 4.78 is 5.53. The second-order valence-electron chi connectivity index (χ2n) is 3.84. The predicted molar refractivity (Wildman–Crippen MR) is 76.1 cm³/mol. The topological polar surface area (TPSA) is 46.5 Å². The van der Waals surface area contributed by atoms with E-state index in [0.29, 0.717) is 12.4 Å². The van der Waals surface area contributed by atoms with E-state index in [2.05, 4.69) is 12.1 Å². The lowest BCUT2D eigenvalue weighted by Crippen LogP contribution is -2.02. The lowest BCUT2D eigenvalue weighted by Gasteiger charge is -2.06. The third-order valence-electron chi connectivity index (χ3n) is 2.44. The van der Waals surface area contributed by atoms with Gasteiger partial charge in [0.2, 0.25) is 0 Å². The van der Waals surface area contributed by atoms with Gasteiger partial charge in [-0.1, -0.05) is 24.3 Å². The number of thioether (sulfide) groups is 1. The Hall–Kier alpha value is -1.94. The highest BCUT2D eigenvalue weighted by Crippen LogP contribution is 2.18. The molecule has 2 aromatic rings. The van der Waals surface area contributed by atoms with Gasteiger partial charge in [0.15, 0.2) is 0 Å². The molecule has 2 rings (SSSR count). The van der Waals surface area contributed by atoms with Crippen LogP contribution in [0.25, 0.3) is 0 Å². The molecule has 3 nitrogen and oxygen atoms in total. The summed E-state index contributed by atoms with van der Waals surface area (Å²) in [6.45, 7) is 0.544. The molecule has 2 aromatic carbocycles. The van der Waals surface area contributed by atoms with Gasteiger partial charge in [0.05, 0.1) is 12.2 Å². The molecule has 0 spiro atoms. The van der Waals surface area contributed by atoms with E-state index >= 15 is 0 Å². The highest BCUT2D eigenvalue weighted by Gasteiger charge is 2.03. The summed E-state index contributed by atoms with van der Waals surface area (Å²) in [7, 11) is 0. The van der Waals surface area contributed by atoms with Crippen LogP contribution in [0.2, 0.25) is 0 Å². The number of carboxylic acids is 1. The number of carboxylic acid groups (broad SMARTS) is 1. The summed E-state index contributed by atoms with van der Waals surface area (Å²) in [5.74, 6) is 0.471. The zero-order valence-electron chi connectivity index (χ0n) is 10.3. The van der Waals surface area contributed by atoms with Crippen molar-refractivity contribution in [1.82, 2.24) is 0 Å². The van der Waals surface area contributed by atoms with E-state index < -0.39 is 5.97 Å². The van der Waals surface area contributed by atoms with Crippen molar-refractivity contribution in [2.75, 3.05) is 12.4 Å². The van der Waals surface area contributed by atoms with Crippen LogP contribution in [0.15, 0.2) is 59.5 Å². The molecule has 0 unspecified atom stereocenters. The van der Waals surface area contributed by atoms with E-state index in [0.717, 1.165) is 5.75 Å². The van der Waals surface area contributed by atoms with E-state index in [1.54, 1.807) is 30.0 Å². The summed E-state index contributed by atoms with van der Waals surface area (Å²) in [6, 6.07) is 16.6. The van der Waals surface area contributed by atoms with Crippen molar-refractivity contribution >= 4 is 17.7 Å². The van der Waals surface area contributed by atoms with Crippen LogP contribution in [-0.2, 0) is 0 Å². The van der Waals surface area contributed by atoms with Crippen LogP contribution in [0.4, 0.5) is 0 Å². The maximum absolute atomic E-state index is 10.8. The maximum Gasteiger partial charge on any atom is 0.335 e. The molecule has 0 saturated carbocycles. The standard InChI is InChI=1S/C15H14O3S/c16-15(17)12-5-4-6-13(11-12)18-9-10-19-14-7-2-1-3-8-14/h1-8,11H,9-10H2,(H,16,17). The lowest BCUT2D eigenvalue weighted by atomic mass is 10.2. The Labute approximate surface area is 116 Å². The quantitative estimate of drug-likeness (QED) is 0.646. The molecule has 0 aliphatic heterocycles. The Kier molecular flexibility index (Phi) is 4.86. The number of benzene rings is 2. The summed E-state index contributed by atoms with van der Waals surface area (Å²) >= 11 is 1.71. The fraction of sp³-hybridized carbons (Fsp3) is 0.133. The summed E-state index contributed by atoms with van der Waals surface area (Å²) in [5.41, 5.74) is 0.244. The normalized spacial score (nSPS) is 10.1. The van der Waals surface area contributed by atoms with Gasteiger partial charge in [-0.3, -0.25) is 0 Å². The fourth-order valence-corrected chi connectivity index (χ4v) is 2.31. The Bertz CT molecular complexity index is 540. The number of ether oxygens (including phenoxy) is 1. The molecule has 1 N–H and O–H groups in total. The van der Waals surface area contributed by atoms with Gasteiger partial charge in [0.1, 0.15) is 5.75 Å². The molecule has 4 heteroatoms. The number of carbonyl (C=O) groups is 1. The van der Waals surface area contributed by atoms with Crippen molar-refractivity contribution < 1.29 is 14.6 Å². The van der Waals surface area contributed by atoms with Crippen molar-refractivity contribution in [2.24, 2.45) is 0 Å². The number of hydrogen-bond donors (Lipinski definition) is 1. The van der Waals surface area contributed by atoms with E-state index in [4.69, 9.17) is 9.84 Å². The van der Waals surface area contributed by atoms with Gasteiger partial charge >= 0.3 is 5.97 Å². The molecule has 0 aliphatic carbocycles. The molecule has 0 bridgehead atoms. The average Bonchev–Trinajstić information content (AvgIpc) is 2.45. The Morgan fingerprint density at radius 1 is 1.11 bits per heavy atom. The van der Waals surface area contributed by atoms with Crippen molar-refractivity contribution in [3.8, 4) is 5.75 Å². The first-order chi connectivity index (χ1) is 9.25. The van der Waals surface area contributed by atoms with E-state index in [9.17, 15) is 4.79 Å². The van der Waals surface area contributed by atoms with E-state index in [1.807, 2.05) is 18.2 Å². The molecule has 98 valence electrons. The third kappa shape index (κ3) is 4.34. The third-order valence-corrected chi connectivity index (χ3v) is 3.42. The van der Waals surface area contributed by atoms with Crippen molar-refractivity contribution in [2.45, 2.75) is 4.90 Å². The first-order valence-corrected chi connectivity index (χ1v) is 6.88. The minimum absolute atomic E-state index is 0.244. The van der Waals surface area contributed by atoms with E-state index in [-0.39, 0.29) is 5.56 Å². The second-order valence-corrected chi connectivity index (χ2v) is 5.01. The highest BCUT2D eigenvalue weighted by molar-refractivity contribution is 7.99. The monoisotopic (exact) mass is 274 g/mol. The molecule has 0 fully saturated rings. The Morgan fingerprint density at radius 3 is 2.63 bits per heavy atom. The smallest absolute Gasteiger partial charge is 0.335 e. The van der Waals surface area contributed by atoms with Gasteiger partial charge in [0.25, 0.3) is 0 Å². The highest BCUT2D eigenvalue weighted by atomic mass is 32.2. The fourth-order valence-electron chi connectivity index (χ4n) is 1.55. The van der Waals surface area contributed by atoms with Gasteiger partial charge in [-0.05, 0) is 30.3 Å². The molecular weight excluding hydrogens is 260 g/mol. The summed E-state index contributed by atoms with van der Waals surface area (Å²) in [6.07, 6.45) is 0. The van der Waals surface area contributed by atoms with Gasteiger partial charge in [-0.2, -0.15) is 0 Å². The Balaban J connectivity index is 1.80. The lowest BCUT2D eigenvalue weighted by molar-refractivity contribution is 0.0696. The van der Waals surface area contributed by atoms with Crippen LogP contribution in [0.1, 0.15) is 10.4 Å². The molecule has 0 saturated heterocycles. The molecular formula is C15H14O3S. The van der Waals surface area contributed by atoms with Gasteiger partial charge in [-0.25, -0.2) is 4.79 Å². The molecule has 0 atom stereocenters. The molecule has 0 aromatic heterocycles. The molecule has 0 amide bonds. The first-order valence-electron chi connectivity index (χ1n) is 5.90. The molecule has 0 heterocycles. The molecule has 19 heavy (non-hydrogen) atoms. The van der Waals surface area contributed by atoms with Crippen LogP contribution in [0.3, 0.4) is 0 Å². The van der Waals surface area contributed by atoms with Crippen LogP contribution in [0.5, 0.6) is 5.75 Å². The zero-order chi connectivity index (χ0) is 13.5. The minimum Gasteiger partial charge on any atom is -0.493 e. The summed E-state index contributed by atoms with van der Waals surface area (Å²) in [5, 5.41) is 8.87. The summed E-state index contributed by atoms with van der Waals surface area (Å²) in [4.78, 5) is 12.0. The second kappa shape index (κ2) is 6.85. The van der Waals surface area contributed by atoms with E-state index in [1.165, 1.54) is 11.0 Å². The van der Waals surface area contributed by atoms with Crippen molar-refractivity contribution in [3.63, 3.8) is 0 Å². The van der Waals surface area contributed by atoms with Crippen LogP contribution in [0, 0.1) is 0 Å². The number of rotatable bonds is 6. The number of aromatic carboxylic acids is 1. The Morgan fingerprint density at radius 2 is 1.89 bits per heavy atom. The van der Waals surface area contributed by atoms with Gasteiger partial charge < -0.3 is 9.84 Å². The van der Waals surface area contributed by atoms with Crippen molar-refractivity contribution in [1.29, 1.82) is 0 Å². The maximum atomic E-state index is 10.8. The molecule has 0 radical (unpaired) electrons. The zero-order valence-corrected chi connectivity index (χ0v) is 11.1. The van der Waals surface area contributed by atoms with Gasteiger partial charge in [-0.15, -0.1) is 11.8 Å². The van der Waals surface area contributed by atoms with Gasteiger partial charge in [0, 0.05) is 10.6 Å². The van der Waals surface area contributed by atoms with Crippen LogP contribution in [-0.4, -0.2) is 23.4 Å². The molecule has 0 aliphatic rings. The largest absolute Gasteiger partial charge is 0.493 e. The first kappa shape index (κ1) is 13.5. The van der Waals surface area contributed by atoms with Crippen LogP contribution < -0.4 is 4.74 Å².